The number of hydrogen-bond donors (Lipinski definition) is 1. The molecule has 0 spiro atoms. The second-order valence-corrected chi connectivity index (χ2v) is 9.02. The molecule has 190 valence electrons. The first-order valence-electron chi connectivity index (χ1n) is 11.8. The third-order valence-electron chi connectivity index (χ3n) is 5.82. The summed E-state index contributed by atoms with van der Waals surface area (Å²) in [6, 6.07) is 13.9. The molecule has 0 saturated carbocycles. The summed E-state index contributed by atoms with van der Waals surface area (Å²) < 4.78 is 40.8. The number of nitrogens with zero attached hydrogens (tertiary/aromatic N) is 4. The van der Waals surface area contributed by atoms with Gasteiger partial charge in [0.05, 0.1) is 5.69 Å². The number of nitrogen functional groups attached to an aromatic ring is 1. The van der Waals surface area contributed by atoms with Gasteiger partial charge >= 0.3 is 0 Å². The van der Waals surface area contributed by atoms with E-state index in [1.165, 1.54) is 30.3 Å². The monoisotopic (exact) mass is 505 g/mol. The predicted molar refractivity (Wildman–Crippen MR) is 136 cm³/mol. The van der Waals surface area contributed by atoms with E-state index in [0.717, 1.165) is 11.4 Å². The number of anilines is 1. The lowest BCUT2D eigenvalue weighted by molar-refractivity contribution is 0.0978. The van der Waals surface area contributed by atoms with Crippen molar-refractivity contribution in [1.82, 2.24) is 19.9 Å². The van der Waals surface area contributed by atoms with Crippen molar-refractivity contribution in [3.05, 3.63) is 88.9 Å². The van der Waals surface area contributed by atoms with Crippen LogP contribution in [0.15, 0.2) is 54.6 Å². The van der Waals surface area contributed by atoms with Gasteiger partial charge in [-0.05, 0) is 73.4 Å². The molecule has 3 aromatic heterocycles. The van der Waals surface area contributed by atoms with Crippen LogP contribution >= 0.6 is 0 Å². The van der Waals surface area contributed by atoms with E-state index in [4.69, 9.17) is 5.73 Å². The Kier molecular flexibility index (Phi) is 7.61. The number of alkyl halides is 2. The number of pyridine rings is 2. The van der Waals surface area contributed by atoms with Crippen LogP contribution in [-0.4, -0.2) is 25.7 Å². The van der Waals surface area contributed by atoms with Gasteiger partial charge in [0.15, 0.2) is 5.78 Å². The lowest BCUT2D eigenvalue weighted by atomic mass is 9.94. The van der Waals surface area contributed by atoms with Crippen LogP contribution in [0.3, 0.4) is 0 Å². The van der Waals surface area contributed by atoms with Crippen molar-refractivity contribution in [3.63, 3.8) is 0 Å². The number of aryl methyl sites for hydroxylation is 2. The Hall–Kier alpha value is -4.14. The molecular formula is C28H26F3N5O. The van der Waals surface area contributed by atoms with Crippen LogP contribution in [0.1, 0.15) is 65.9 Å². The number of hydrogen-bond acceptors (Lipinski definition) is 6. The molecule has 6 nitrogen and oxygen atoms in total. The fourth-order valence-corrected chi connectivity index (χ4v) is 4.04. The molecule has 0 atom stereocenters. The third-order valence-corrected chi connectivity index (χ3v) is 5.82. The molecule has 0 aliphatic heterocycles. The molecule has 0 aliphatic carbocycles. The molecule has 0 saturated heterocycles. The van der Waals surface area contributed by atoms with Gasteiger partial charge in [-0.2, -0.15) is 0 Å². The fraction of sp³-hybridized carbons (Fsp3) is 0.250. The van der Waals surface area contributed by atoms with Gasteiger partial charge in [0.2, 0.25) is 5.95 Å². The summed E-state index contributed by atoms with van der Waals surface area (Å²) in [5, 5.41) is 0. The number of rotatable bonds is 8. The molecule has 9 heteroatoms. The first-order valence-corrected chi connectivity index (χ1v) is 11.8. The average molecular weight is 506 g/mol. The summed E-state index contributed by atoms with van der Waals surface area (Å²) >= 11 is 0. The average Bonchev–Trinajstić information content (AvgIpc) is 2.87. The third kappa shape index (κ3) is 5.99. The zero-order valence-corrected chi connectivity index (χ0v) is 20.7. The van der Waals surface area contributed by atoms with Gasteiger partial charge in [0.1, 0.15) is 17.2 Å². The Morgan fingerprint density at radius 3 is 2.32 bits per heavy atom. The molecule has 1 aromatic carbocycles. The summed E-state index contributed by atoms with van der Waals surface area (Å²) in [7, 11) is 0. The minimum Gasteiger partial charge on any atom is -0.368 e. The normalized spacial score (nSPS) is 11.4. The zero-order valence-electron chi connectivity index (χ0n) is 20.7. The number of carbonyl (C=O) groups is 1. The number of nitrogens with two attached hydrogens (primary N) is 1. The maximum atomic E-state index is 13.6. The molecule has 4 aromatic rings. The second-order valence-electron chi connectivity index (χ2n) is 9.02. The van der Waals surface area contributed by atoms with Crippen molar-refractivity contribution in [3.8, 4) is 22.4 Å². The van der Waals surface area contributed by atoms with Crippen molar-refractivity contribution in [2.75, 3.05) is 5.73 Å². The summed E-state index contributed by atoms with van der Waals surface area (Å²) in [4.78, 5) is 30.6. The van der Waals surface area contributed by atoms with Gasteiger partial charge in [-0.1, -0.05) is 19.9 Å². The minimum atomic E-state index is -2.82. The van der Waals surface area contributed by atoms with E-state index < -0.39 is 17.9 Å². The minimum absolute atomic E-state index is 0.00217. The molecule has 0 unspecified atom stereocenters. The van der Waals surface area contributed by atoms with Gasteiger partial charge in [-0.15, -0.1) is 0 Å². The largest absolute Gasteiger partial charge is 0.368 e. The van der Waals surface area contributed by atoms with Crippen LogP contribution in [0, 0.1) is 12.7 Å². The van der Waals surface area contributed by atoms with E-state index >= 15 is 0 Å². The predicted octanol–water partition coefficient (Wildman–Crippen LogP) is 6.51. The Morgan fingerprint density at radius 1 is 0.919 bits per heavy atom. The Morgan fingerprint density at radius 2 is 1.65 bits per heavy atom. The maximum absolute atomic E-state index is 13.6. The number of carbonyl (C=O) groups excluding carboxylic acids is 1. The highest BCUT2D eigenvalue weighted by molar-refractivity contribution is 6.04. The highest BCUT2D eigenvalue weighted by Crippen LogP contribution is 2.36. The molecule has 0 amide bonds. The van der Waals surface area contributed by atoms with Crippen LogP contribution in [0.25, 0.3) is 22.4 Å². The Balaban J connectivity index is 1.83. The van der Waals surface area contributed by atoms with Crippen LogP contribution in [0.5, 0.6) is 0 Å². The van der Waals surface area contributed by atoms with E-state index in [-0.39, 0.29) is 41.0 Å². The number of halogens is 3. The Labute approximate surface area is 212 Å². The quantitative estimate of drug-likeness (QED) is 0.275. The van der Waals surface area contributed by atoms with Crippen LogP contribution in [0.2, 0.25) is 0 Å². The van der Waals surface area contributed by atoms with Crippen LogP contribution in [-0.2, 0) is 6.42 Å². The van der Waals surface area contributed by atoms with E-state index in [9.17, 15) is 18.0 Å². The van der Waals surface area contributed by atoms with Crippen molar-refractivity contribution < 1.29 is 18.0 Å². The van der Waals surface area contributed by atoms with Gasteiger partial charge in [-0.25, -0.2) is 23.1 Å². The molecule has 37 heavy (non-hydrogen) atoms. The van der Waals surface area contributed by atoms with E-state index in [2.05, 4.69) is 19.9 Å². The number of Topliss-reactive ketones (excluding diaryl/α,β-unsaturated/α-hetero) is 1. The zero-order chi connectivity index (χ0) is 26.7. The molecule has 0 radical (unpaired) electrons. The topological polar surface area (TPSA) is 94.7 Å². The highest BCUT2D eigenvalue weighted by atomic mass is 19.3. The van der Waals surface area contributed by atoms with Gasteiger partial charge in [0.25, 0.3) is 6.43 Å². The molecule has 0 fully saturated rings. The molecule has 0 bridgehead atoms. The summed E-state index contributed by atoms with van der Waals surface area (Å²) in [6.45, 7) is 5.66. The maximum Gasteiger partial charge on any atom is 0.280 e. The van der Waals surface area contributed by atoms with E-state index in [1.807, 2.05) is 32.0 Å². The molecule has 2 N–H and O–H groups in total. The Bertz CT molecular complexity index is 1440. The summed E-state index contributed by atoms with van der Waals surface area (Å²) in [6.07, 6.45) is -2.40. The standard InChI is InChI=1S/C28H26F3N5O/c1-15(2)21-6-4-5-20(34-21)11-12-23(37)26-24(18-13-16(3)33-22(14-18)27(30)31)25(35-28(32)36-26)17-7-9-19(29)10-8-17/h4-10,13-15,27H,11-12H2,1-3H3,(H2,32,35,36). The summed E-state index contributed by atoms with van der Waals surface area (Å²) in [5.41, 5.74) is 8.78. The number of aromatic nitrogens is 4. The fourth-order valence-electron chi connectivity index (χ4n) is 4.04. The van der Waals surface area contributed by atoms with Crippen LogP contribution < -0.4 is 5.73 Å². The number of benzene rings is 1. The lowest BCUT2D eigenvalue weighted by Crippen LogP contribution is -2.12. The van der Waals surface area contributed by atoms with Crippen molar-refractivity contribution in [2.24, 2.45) is 0 Å². The van der Waals surface area contributed by atoms with E-state index in [1.54, 1.807) is 13.0 Å². The SMILES string of the molecule is Cc1cc(-c2c(C(=O)CCc3cccc(C(C)C)n3)nc(N)nc2-c2ccc(F)cc2)cc(C(F)F)n1. The first kappa shape index (κ1) is 25.9. The summed E-state index contributed by atoms with van der Waals surface area (Å²) in [5.74, 6) is -0.732. The van der Waals surface area contributed by atoms with Gasteiger partial charge < -0.3 is 5.73 Å². The van der Waals surface area contributed by atoms with Gasteiger partial charge in [-0.3, -0.25) is 14.8 Å². The lowest BCUT2D eigenvalue weighted by Gasteiger charge is -2.16. The second kappa shape index (κ2) is 10.9. The van der Waals surface area contributed by atoms with E-state index in [0.29, 0.717) is 23.2 Å². The van der Waals surface area contributed by atoms with Crippen molar-refractivity contribution in [1.29, 1.82) is 0 Å². The van der Waals surface area contributed by atoms with Crippen molar-refractivity contribution >= 4 is 11.7 Å². The number of ketones is 1. The molecule has 3 heterocycles. The molecule has 4 rings (SSSR count). The van der Waals surface area contributed by atoms with Gasteiger partial charge in [0, 0.05) is 34.6 Å². The van der Waals surface area contributed by atoms with Crippen LogP contribution in [0.4, 0.5) is 19.1 Å². The first-order chi connectivity index (χ1) is 17.6. The highest BCUT2D eigenvalue weighted by Gasteiger charge is 2.24. The molecular weight excluding hydrogens is 479 g/mol. The molecule has 0 aliphatic rings. The van der Waals surface area contributed by atoms with Crippen molar-refractivity contribution in [2.45, 2.75) is 46.0 Å². The smallest absolute Gasteiger partial charge is 0.280 e.